The van der Waals surface area contributed by atoms with Gasteiger partial charge < -0.3 is 9.79 Å². The zero-order chi connectivity index (χ0) is 17.6. The second-order valence-corrected chi connectivity index (χ2v) is 14.7. The lowest BCUT2D eigenvalue weighted by Gasteiger charge is -2.40. The van der Waals surface area contributed by atoms with E-state index in [1.54, 1.807) is 0 Å². The fraction of sp³-hybridized carbons (Fsp3) is 1.00. The van der Waals surface area contributed by atoms with E-state index in [-0.39, 0.29) is 0 Å². The van der Waals surface area contributed by atoms with Gasteiger partial charge in [0.2, 0.25) is 0 Å². The van der Waals surface area contributed by atoms with E-state index in [0.717, 1.165) is 55.8 Å². The summed E-state index contributed by atoms with van der Waals surface area (Å²) in [6.07, 6.45) is 13.4. The minimum atomic E-state index is -3.97. The molecular weight excluding hydrogens is 327 g/mol. The molecule has 3 nitrogen and oxygen atoms in total. The number of hydrogen-bond donors (Lipinski definition) is 2. The standard InChI is InChI=1S/C18H41O3PS/c1-4-7-10-13-16-23(22(19,20)21,17-14-11-8-5-2)18-15-12-9-6-3/h4-18H2,1-3H3,(H2,19,20,21). The summed E-state index contributed by atoms with van der Waals surface area (Å²) < 4.78 is 12.4. The molecule has 0 aliphatic heterocycles. The van der Waals surface area contributed by atoms with E-state index in [1.807, 2.05) is 0 Å². The molecule has 0 aromatic heterocycles. The highest BCUT2D eigenvalue weighted by molar-refractivity contribution is 8.76. The minimum Gasteiger partial charge on any atom is -0.318 e. The van der Waals surface area contributed by atoms with Crippen LogP contribution in [0.5, 0.6) is 0 Å². The highest BCUT2D eigenvalue weighted by Crippen LogP contribution is 2.77. The molecule has 142 valence electrons. The van der Waals surface area contributed by atoms with Crippen LogP contribution in [0.1, 0.15) is 97.8 Å². The van der Waals surface area contributed by atoms with Crippen LogP contribution in [0, 0.1) is 0 Å². The quantitative estimate of drug-likeness (QED) is 0.237. The van der Waals surface area contributed by atoms with Gasteiger partial charge in [0, 0.05) is 0 Å². The number of unbranched alkanes of at least 4 members (excludes halogenated alkanes) is 9. The first kappa shape index (κ1) is 23.5. The van der Waals surface area contributed by atoms with E-state index in [4.69, 9.17) is 0 Å². The number of hydrogen-bond acceptors (Lipinski definition) is 1. The maximum absolute atomic E-state index is 12.4. The highest BCUT2D eigenvalue weighted by Gasteiger charge is 2.39. The summed E-state index contributed by atoms with van der Waals surface area (Å²) in [6.45, 7) is 2.57. The first-order chi connectivity index (χ1) is 10.9. The first-order valence-corrected chi connectivity index (χ1v) is 14.1. The van der Waals surface area contributed by atoms with Crippen LogP contribution in [0.3, 0.4) is 0 Å². The van der Waals surface area contributed by atoms with Crippen molar-refractivity contribution in [3.05, 3.63) is 0 Å². The van der Waals surface area contributed by atoms with Crippen molar-refractivity contribution < 1.29 is 14.4 Å². The van der Waals surface area contributed by atoms with Gasteiger partial charge in [-0.2, -0.15) is 0 Å². The normalized spacial score (nSPS) is 13.4. The zero-order valence-corrected chi connectivity index (χ0v) is 17.5. The zero-order valence-electron chi connectivity index (χ0n) is 15.8. The van der Waals surface area contributed by atoms with E-state index < -0.39 is 16.4 Å². The maximum Gasteiger partial charge on any atom is 0.366 e. The van der Waals surface area contributed by atoms with Crippen LogP contribution in [-0.4, -0.2) is 27.0 Å². The Bertz CT molecular complexity index is 286. The molecule has 0 saturated carbocycles. The van der Waals surface area contributed by atoms with Gasteiger partial charge in [-0.3, -0.25) is 0 Å². The SMILES string of the molecule is CCCCCCS(CCCCCC)(CCCCCC)P(=O)(O)O. The van der Waals surface area contributed by atoms with E-state index in [9.17, 15) is 14.4 Å². The second-order valence-electron chi connectivity index (χ2n) is 6.78. The van der Waals surface area contributed by atoms with E-state index in [1.165, 1.54) is 38.5 Å². The van der Waals surface area contributed by atoms with E-state index in [0.29, 0.717) is 0 Å². The molecule has 0 heterocycles. The van der Waals surface area contributed by atoms with Crippen molar-refractivity contribution in [3.63, 3.8) is 0 Å². The molecule has 0 atom stereocenters. The molecule has 0 amide bonds. The molecule has 0 aliphatic carbocycles. The van der Waals surface area contributed by atoms with Crippen molar-refractivity contribution in [2.45, 2.75) is 97.8 Å². The van der Waals surface area contributed by atoms with Crippen LogP contribution in [-0.2, 0) is 4.57 Å². The number of rotatable bonds is 16. The van der Waals surface area contributed by atoms with Crippen molar-refractivity contribution in [3.8, 4) is 0 Å². The van der Waals surface area contributed by atoms with Crippen molar-refractivity contribution in [2.24, 2.45) is 0 Å². The average molecular weight is 369 g/mol. The summed E-state index contributed by atoms with van der Waals surface area (Å²) in [7, 11) is -1.79. The molecule has 23 heavy (non-hydrogen) atoms. The predicted molar refractivity (Wildman–Crippen MR) is 107 cm³/mol. The second kappa shape index (κ2) is 13.8. The van der Waals surface area contributed by atoms with Crippen LogP contribution in [0.2, 0.25) is 0 Å². The van der Waals surface area contributed by atoms with Crippen LogP contribution in [0.4, 0.5) is 0 Å². The molecule has 0 rings (SSSR count). The molecule has 0 bridgehead atoms. The average Bonchev–Trinajstić information content (AvgIpc) is 2.50. The summed E-state index contributed by atoms with van der Waals surface area (Å²) in [5.41, 5.74) is 0. The van der Waals surface area contributed by atoms with Gasteiger partial charge in [0.05, 0.1) is 0 Å². The molecule has 0 saturated heterocycles. The van der Waals surface area contributed by atoms with Gasteiger partial charge in [0.1, 0.15) is 0 Å². The van der Waals surface area contributed by atoms with E-state index in [2.05, 4.69) is 20.8 Å². The Morgan fingerprint density at radius 3 is 1.13 bits per heavy atom. The van der Waals surface area contributed by atoms with Crippen LogP contribution in [0.25, 0.3) is 0 Å². The van der Waals surface area contributed by atoms with Gasteiger partial charge in [-0.25, -0.2) is 4.57 Å². The minimum absolute atomic E-state index is 0.787. The third-order valence-electron chi connectivity index (χ3n) is 4.64. The molecule has 0 aromatic carbocycles. The van der Waals surface area contributed by atoms with Crippen molar-refractivity contribution in [2.75, 3.05) is 17.3 Å². The van der Waals surface area contributed by atoms with Gasteiger partial charge in [0.25, 0.3) is 0 Å². The smallest absolute Gasteiger partial charge is 0.318 e. The Hall–Kier alpha value is 0.500. The Morgan fingerprint density at radius 2 is 0.913 bits per heavy atom. The monoisotopic (exact) mass is 368 g/mol. The molecule has 5 heteroatoms. The van der Waals surface area contributed by atoms with E-state index >= 15 is 0 Å². The molecule has 0 radical (unpaired) electrons. The fourth-order valence-electron chi connectivity index (χ4n) is 3.06. The molecule has 0 aliphatic rings. The maximum atomic E-state index is 12.4. The summed E-state index contributed by atoms with van der Waals surface area (Å²) in [5.74, 6) is 2.36. The van der Waals surface area contributed by atoms with Crippen LogP contribution in [0.15, 0.2) is 0 Å². The molecule has 0 aromatic rings. The van der Waals surface area contributed by atoms with Gasteiger partial charge in [0.15, 0.2) is 0 Å². The Balaban J connectivity index is 4.78. The summed E-state index contributed by atoms with van der Waals surface area (Å²) in [5, 5.41) is 0. The van der Waals surface area contributed by atoms with Gasteiger partial charge in [-0.05, 0) is 36.5 Å². The Kier molecular flexibility index (Phi) is 14.1. The van der Waals surface area contributed by atoms with Gasteiger partial charge in [-0.15, -0.1) is 9.65 Å². The van der Waals surface area contributed by atoms with Crippen LogP contribution < -0.4 is 0 Å². The molecule has 2 N–H and O–H groups in total. The third-order valence-corrected chi connectivity index (χ3v) is 13.5. The topological polar surface area (TPSA) is 57.5 Å². The highest BCUT2D eigenvalue weighted by atomic mass is 32.8. The first-order valence-electron chi connectivity index (χ1n) is 9.75. The molecule has 0 fully saturated rings. The third kappa shape index (κ3) is 10.2. The van der Waals surface area contributed by atoms with Crippen LogP contribution >= 0.6 is 16.4 Å². The molecule has 0 spiro atoms. The lowest BCUT2D eigenvalue weighted by atomic mass is 10.2. The summed E-state index contributed by atoms with van der Waals surface area (Å²) in [4.78, 5) is 20.3. The Morgan fingerprint density at radius 1 is 0.609 bits per heavy atom. The molecule has 0 unspecified atom stereocenters. The van der Waals surface area contributed by atoms with Gasteiger partial charge in [-0.1, -0.05) is 78.6 Å². The Labute approximate surface area is 146 Å². The van der Waals surface area contributed by atoms with Gasteiger partial charge >= 0.3 is 6.80 Å². The van der Waals surface area contributed by atoms with Crippen molar-refractivity contribution >= 4 is 16.4 Å². The largest absolute Gasteiger partial charge is 0.366 e. The molecular formula is C18H41O3PS. The lowest BCUT2D eigenvalue weighted by Crippen LogP contribution is -2.15. The summed E-state index contributed by atoms with van der Waals surface area (Å²) in [6, 6.07) is 0. The lowest BCUT2D eigenvalue weighted by molar-refractivity contribution is 0.395. The predicted octanol–water partition coefficient (Wildman–Crippen LogP) is 6.62. The van der Waals surface area contributed by atoms with Crippen molar-refractivity contribution in [1.29, 1.82) is 0 Å². The van der Waals surface area contributed by atoms with Crippen molar-refractivity contribution in [1.82, 2.24) is 0 Å². The fourth-order valence-corrected chi connectivity index (χ4v) is 9.91. The summed E-state index contributed by atoms with van der Waals surface area (Å²) >= 11 is 0.